The Morgan fingerprint density at radius 3 is 2.28 bits per heavy atom. The minimum Gasteiger partial charge on any atom is -0.497 e. The van der Waals surface area contributed by atoms with Crippen LogP contribution in [0.5, 0.6) is 17.2 Å². The Bertz CT molecular complexity index is 799. The molecule has 0 N–H and O–H groups in total. The molecule has 1 aliphatic rings. The Morgan fingerprint density at radius 2 is 1.66 bits per heavy atom. The van der Waals surface area contributed by atoms with E-state index in [1.54, 1.807) is 13.2 Å². The third-order valence-electron chi connectivity index (χ3n) is 4.96. The summed E-state index contributed by atoms with van der Waals surface area (Å²) in [5.74, 6) is 2.19. The lowest BCUT2D eigenvalue weighted by Gasteiger charge is -2.36. The standard InChI is InChI=1S/C23H30N2O4/c1-4-16-29-21-11-6-18(17-22(21)28-5-2)23(26)25-14-12-24(13-15-25)19-7-9-20(27-3)10-8-19/h6-11,17H,4-5,12-16H2,1-3H3. The van der Waals surface area contributed by atoms with Gasteiger partial charge in [0.15, 0.2) is 11.5 Å². The second kappa shape index (κ2) is 10.0. The maximum Gasteiger partial charge on any atom is 0.254 e. The van der Waals surface area contributed by atoms with Crippen LogP contribution in [0.2, 0.25) is 0 Å². The Balaban J connectivity index is 1.64. The van der Waals surface area contributed by atoms with Gasteiger partial charge in [-0.2, -0.15) is 0 Å². The lowest BCUT2D eigenvalue weighted by Crippen LogP contribution is -2.48. The van der Waals surface area contributed by atoms with Gasteiger partial charge >= 0.3 is 0 Å². The van der Waals surface area contributed by atoms with Crippen LogP contribution in [0.25, 0.3) is 0 Å². The molecule has 0 aromatic heterocycles. The molecule has 1 heterocycles. The van der Waals surface area contributed by atoms with Gasteiger partial charge in [-0.05, 0) is 55.8 Å². The second-order valence-electron chi connectivity index (χ2n) is 6.92. The van der Waals surface area contributed by atoms with Gasteiger partial charge in [0.1, 0.15) is 5.75 Å². The number of benzene rings is 2. The van der Waals surface area contributed by atoms with Crippen LogP contribution in [-0.4, -0.2) is 57.3 Å². The fraction of sp³-hybridized carbons (Fsp3) is 0.435. The number of piperazine rings is 1. The van der Waals surface area contributed by atoms with E-state index < -0.39 is 0 Å². The van der Waals surface area contributed by atoms with Gasteiger partial charge in [-0.25, -0.2) is 0 Å². The molecular weight excluding hydrogens is 368 g/mol. The summed E-state index contributed by atoms with van der Waals surface area (Å²) < 4.78 is 16.6. The fourth-order valence-electron chi connectivity index (χ4n) is 3.38. The number of carbonyl (C=O) groups is 1. The van der Waals surface area contributed by atoms with Crippen molar-refractivity contribution in [3.8, 4) is 17.2 Å². The second-order valence-corrected chi connectivity index (χ2v) is 6.92. The summed E-state index contributed by atoms with van der Waals surface area (Å²) in [5.41, 5.74) is 1.78. The number of hydrogen-bond acceptors (Lipinski definition) is 5. The first kappa shape index (κ1) is 20.8. The van der Waals surface area contributed by atoms with Crippen LogP contribution in [0.3, 0.4) is 0 Å². The molecule has 6 nitrogen and oxygen atoms in total. The van der Waals surface area contributed by atoms with Crippen molar-refractivity contribution in [2.24, 2.45) is 0 Å². The number of hydrogen-bond donors (Lipinski definition) is 0. The zero-order chi connectivity index (χ0) is 20.6. The number of methoxy groups -OCH3 is 1. The summed E-state index contributed by atoms with van der Waals surface area (Å²) in [6, 6.07) is 13.5. The summed E-state index contributed by atoms with van der Waals surface area (Å²) in [6.07, 6.45) is 0.921. The van der Waals surface area contributed by atoms with E-state index >= 15 is 0 Å². The highest BCUT2D eigenvalue weighted by Crippen LogP contribution is 2.29. The van der Waals surface area contributed by atoms with Gasteiger partial charge in [0.2, 0.25) is 0 Å². The number of amides is 1. The smallest absolute Gasteiger partial charge is 0.254 e. The van der Waals surface area contributed by atoms with Crippen LogP contribution >= 0.6 is 0 Å². The molecule has 1 fully saturated rings. The zero-order valence-corrected chi connectivity index (χ0v) is 17.5. The van der Waals surface area contributed by atoms with Crippen LogP contribution in [0.15, 0.2) is 42.5 Å². The third-order valence-corrected chi connectivity index (χ3v) is 4.96. The zero-order valence-electron chi connectivity index (χ0n) is 17.5. The summed E-state index contributed by atoms with van der Waals surface area (Å²) in [7, 11) is 1.67. The molecule has 29 heavy (non-hydrogen) atoms. The van der Waals surface area contributed by atoms with Crippen molar-refractivity contribution in [3.05, 3.63) is 48.0 Å². The number of anilines is 1. The van der Waals surface area contributed by atoms with Gasteiger partial charge in [0, 0.05) is 37.4 Å². The highest BCUT2D eigenvalue weighted by atomic mass is 16.5. The minimum absolute atomic E-state index is 0.0300. The molecule has 3 rings (SSSR count). The first-order valence-electron chi connectivity index (χ1n) is 10.2. The van der Waals surface area contributed by atoms with Crippen molar-refractivity contribution in [2.75, 3.05) is 51.4 Å². The molecule has 0 bridgehead atoms. The van der Waals surface area contributed by atoms with Crippen molar-refractivity contribution in [2.45, 2.75) is 20.3 Å². The first-order chi connectivity index (χ1) is 14.2. The van der Waals surface area contributed by atoms with Gasteiger partial charge < -0.3 is 24.0 Å². The lowest BCUT2D eigenvalue weighted by atomic mass is 10.1. The monoisotopic (exact) mass is 398 g/mol. The van der Waals surface area contributed by atoms with Crippen molar-refractivity contribution in [1.82, 2.24) is 4.90 Å². The van der Waals surface area contributed by atoms with Crippen LogP contribution < -0.4 is 19.1 Å². The van der Waals surface area contributed by atoms with E-state index in [9.17, 15) is 4.79 Å². The van der Waals surface area contributed by atoms with Gasteiger partial charge in [0.05, 0.1) is 20.3 Å². The summed E-state index contributed by atoms with van der Waals surface area (Å²) >= 11 is 0. The van der Waals surface area contributed by atoms with E-state index in [1.165, 1.54) is 0 Å². The maximum atomic E-state index is 13.0. The quantitative estimate of drug-likeness (QED) is 0.676. The van der Waals surface area contributed by atoms with E-state index in [4.69, 9.17) is 14.2 Å². The van der Waals surface area contributed by atoms with E-state index in [0.29, 0.717) is 43.4 Å². The molecule has 2 aromatic rings. The van der Waals surface area contributed by atoms with E-state index in [2.05, 4.69) is 24.0 Å². The molecule has 0 atom stereocenters. The Morgan fingerprint density at radius 1 is 0.931 bits per heavy atom. The minimum atomic E-state index is 0.0300. The SMILES string of the molecule is CCCOc1ccc(C(=O)N2CCN(c3ccc(OC)cc3)CC2)cc1OCC. The van der Waals surface area contributed by atoms with E-state index in [0.717, 1.165) is 30.9 Å². The molecule has 2 aromatic carbocycles. The Kier molecular flexibility index (Phi) is 7.22. The largest absolute Gasteiger partial charge is 0.497 e. The van der Waals surface area contributed by atoms with Gasteiger partial charge in [-0.1, -0.05) is 6.92 Å². The van der Waals surface area contributed by atoms with Crippen LogP contribution in [0.1, 0.15) is 30.6 Å². The van der Waals surface area contributed by atoms with Crippen molar-refractivity contribution in [3.63, 3.8) is 0 Å². The number of rotatable bonds is 8. The Hall–Kier alpha value is -2.89. The van der Waals surface area contributed by atoms with Crippen molar-refractivity contribution >= 4 is 11.6 Å². The van der Waals surface area contributed by atoms with Gasteiger partial charge in [-0.3, -0.25) is 4.79 Å². The maximum absolute atomic E-state index is 13.0. The summed E-state index contributed by atoms with van der Waals surface area (Å²) in [6.45, 7) is 8.11. The topological polar surface area (TPSA) is 51.2 Å². The molecule has 6 heteroatoms. The third kappa shape index (κ3) is 5.13. The van der Waals surface area contributed by atoms with Gasteiger partial charge in [-0.15, -0.1) is 0 Å². The van der Waals surface area contributed by atoms with Crippen molar-refractivity contribution in [1.29, 1.82) is 0 Å². The van der Waals surface area contributed by atoms with Crippen molar-refractivity contribution < 1.29 is 19.0 Å². The highest BCUT2D eigenvalue weighted by molar-refractivity contribution is 5.95. The summed E-state index contributed by atoms with van der Waals surface area (Å²) in [4.78, 5) is 17.2. The van der Waals surface area contributed by atoms with E-state index in [1.807, 2.05) is 36.1 Å². The van der Waals surface area contributed by atoms with Crippen LogP contribution in [-0.2, 0) is 0 Å². The molecule has 0 spiro atoms. The number of ether oxygens (including phenoxy) is 3. The molecule has 0 unspecified atom stereocenters. The normalized spacial score (nSPS) is 13.9. The molecule has 156 valence electrons. The van der Waals surface area contributed by atoms with E-state index in [-0.39, 0.29) is 5.91 Å². The molecular formula is C23H30N2O4. The number of nitrogens with zero attached hydrogens (tertiary/aromatic N) is 2. The fourth-order valence-corrected chi connectivity index (χ4v) is 3.38. The lowest BCUT2D eigenvalue weighted by molar-refractivity contribution is 0.0746. The van der Waals surface area contributed by atoms with Crippen LogP contribution in [0, 0.1) is 0 Å². The van der Waals surface area contributed by atoms with Gasteiger partial charge in [0.25, 0.3) is 5.91 Å². The Labute approximate surface area is 173 Å². The molecule has 1 aliphatic heterocycles. The van der Waals surface area contributed by atoms with Crippen LogP contribution in [0.4, 0.5) is 5.69 Å². The predicted octanol–water partition coefficient (Wildman–Crippen LogP) is 3.85. The molecule has 0 saturated carbocycles. The molecule has 1 saturated heterocycles. The average molecular weight is 399 g/mol. The first-order valence-corrected chi connectivity index (χ1v) is 10.2. The molecule has 0 radical (unpaired) electrons. The average Bonchev–Trinajstić information content (AvgIpc) is 2.78. The summed E-state index contributed by atoms with van der Waals surface area (Å²) in [5, 5.41) is 0. The molecule has 1 amide bonds. The number of carbonyl (C=O) groups excluding carboxylic acids is 1. The highest BCUT2D eigenvalue weighted by Gasteiger charge is 2.23. The predicted molar refractivity (Wildman–Crippen MR) is 115 cm³/mol. The molecule has 0 aliphatic carbocycles.